The van der Waals surface area contributed by atoms with Crippen molar-refractivity contribution in [3.8, 4) is 15.4 Å². The minimum atomic E-state index is -0.910. The number of β-amino-alcohol motifs (C(OH)–C–C–N with tert-alkyl or cyclic N) is 1. The van der Waals surface area contributed by atoms with Gasteiger partial charge in [-0.15, -0.1) is 32.9 Å². The van der Waals surface area contributed by atoms with E-state index >= 15 is 0 Å². The Hall–Kier alpha value is -5.33. The molecule has 0 saturated carbocycles. The van der Waals surface area contributed by atoms with Gasteiger partial charge >= 0.3 is 0 Å². The number of nitrogens with zero attached hydrogens (tertiary/aromatic N) is 6. The zero-order chi connectivity index (χ0) is 48.9. The van der Waals surface area contributed by atoms with E-state index in [1.807, 2.05) is 100 Å². The minimum absolute atomic E-state index is 0.00159. The van der Waals surface area contributed by atoms with Crippen LogP contribution in [0.3, 0.4) is 0 Å². The summed E-state index contributed by atoms with van der Waals surface area (Å²) in [5.41, 5.74) is 7.90. The molecule has 5 atom stereocenters. The van der Waals surface area contributed by atoms with E-state index in [1.54, 1.807) is 22.7 Å². The molecule has 1 saturated heterocycles. The predicted octanol–water partition coefficient (Wildman–Crippen LogP) is 7.68. The van der Waals surface area contributed by atoms with Crippen molar-refractivity contribution in [1.29, 1.82) is 0 Å². The van der Waals surface area contributed by atoms with Crippen LogP contribution in [0.4, 0.5) is 0 Å². The molecule has 1 fully saturated rings. The molecule has 5 heterocycles. The molecule has 4 N–H and O–H groups in total. The van der Waals surface area contributed by atoms with E-state index in [9.17, 15) is 24.3 Å². The molecule has 4 amide bonds. The SMILES string of the molecule is Cc1ncsc1-c1ccc([C@H](C)NC(=O)[C@@H]2C[C@@H](O)CN2C(=O)[C@@H](NC(=O)CCCCOCCCNC(=O)C[C@@H]2N=C(c3ccc(Cl)cc3)c3c(sc(C)c3C)-n3c(C)nnc32)C(C)(C)C)cc1. The Morgan fingerprint density at radius 1 is 0.926 bits per heavy atom. The van der Waals surface area contributed by atoms with E-state index in [0.29, 0.717) is 49.9 Å². The smallest absolute Gasteiger partial charge is 0.246 e. The normalized spacial score (nSPS) is 17.7. The highest BCUT2D eigenvalue weighted by atomic mass is 35.5. The van der Waals surface area contributed by atoms with Crippen LogP contribution >= 0.6 is 34.3 Å². The van der Waals surface area contributed by atoms with Crippen LogP contribution < -0.4 is 16.0 Å². The average molecular weight is 985 g/mol. The molecular weight excluding hydrogens is 922 g/mol. The van der Waals surface area contributed by atoms with E-state index in [4.69, 9.17) is 21.3 Å². The van der Waals surface area contributed by atoms with Crippen LogP contribution in [0.5, 0.6) is 0 Å². The van der Waals surface area contributed by atoms with Gasteiger partial charge in [-0.05, 0) is 88.1 Å². The summed E-state index contributed by atoms with van der Waals surface area (Å²) in [6, 6.07) is 12.8. The first-order valence-electron chi connectivity index (χ1n) is 23.2. The van der Waals surface area contributed by atoms with E-state index in [0.717, 1.165) is 54.9 Å². The van der Waals surface area contributed by atoms with Gasteiger partial charge in [0.15, 0.2) is 5.82 Å². The molecule has 5 aromatic rings. The van der Waals surface area contributed by atoms with Gasteiger partial charge in [0, 0.05) is 60.2 Å². The Morgan fingerprint density at radius 3 is 2.32 bits per heavy atom. The van der Waals surface area contributed by atoms with E-state index < -0.39 is 35.6 Å². The Kier molecular flexibility index (Phi) is 16.3. The second kappa shape index (κ2) is 22.0. The number of nitrogens with one attached hydrogen (secondary N) is 3. The number of hydrogen-bond donors (Lipinski definition) is 4. The summed E-state index contributed by atoms with van der Waals surface area (Å²) in [6.45, 7) is 16.8. The molecule has 0 aliphatic carbocycles. The zero-order valence-electron chi connectivity index (χ0n) is 40.0. The largest absolute Gasteiger partial charge is 0.391 e. The van der Waals surface area contributed by atoms with Crippen molar-refractivity contribution in [2.24, 2.45) is 10.4 Å². The number of aromatic nitrogens is 4. The van der Waals surface area contributed by atoms with Gasteiger partial charge in [-0.2, -0.15) is 0 Å². The summed E-state index contributed by atoms with van der Waals surface area (Å²) in [5, 5.41) is 30.1. The van der Waals surface area contributed by atoms with Gasteiger partial charge < -0.3 is 30.7 Å². The third-order valence-corrected chi connectivity index (χ3v) is 14.9. The molecule has 18 heteroatoms. The summed E-state index contributed by atoms with van der Waals surface area (Å²) in [7, 11) is 0. The van der Waals surface area contributed by atoms with Gasteiger partial charge in [0.25, 0.3) is 0 Å². The Morgan fingerprint density at radius 2 is 1.63 bits per heavy atom. The third-order valence-electron chi connectivity index (χ3n) is 12.5. The molecule has 15 nitrogen and oxygen atoms in total. The van der Waals surface area contributed by atoms with Crippen molar-refractivity contribution in [3.63, 3.8) is 0 Å². The summed E-state index contributed by atoms with van der Waals surface area (Å²) >= 11 is 9.48. The summed E-state index contributed by atoms with van der Waals surface area (Å²) in [5.74, 6) is 0.148. The Bertz CT molecular complexity index is 2630. The number of ether oxygens (including phenoxy) is 1. The van der Waals surface area contributed by atoms with Crippen molar-refractivity contribution >= 4 is 63.6 Å². The quantitative estimate of drug-likeness (QED) is 0.0638. The third kappa shape index (κ3) is 11.7. The summed E-state index contributed by atoms with van der Waals surface area (Å²) in [6.07, 6.45) is 1.28. The average Bonchev–Trinajstić information content (AvgIpc) is 4.07. The highest BCUT2D eigenvalue weighted by molar-refractivity contribution is 7.15. The summed E-state index contributed by atoms with van der Waals surface area (Å²) < 4.78 is 7.86. The van der Waals surface area contributed by atoms with Crippen LogP contribution in [0.2, 0.25) is 5.02 Å². The number of aliphatic imine (C=N–C) groups is 1. The molecular formula is C50H62ClN9O6S2. The molecule has 2 aliphatic heterocycles. The number of aryl methyl sites for hydroxylation is 3. The van der Waals surface area contributed by atoms with Crippen LogP contribution in [-0.2, 0) is 23.9 Å². The number of benzene rings is 2. The van der Waals surface area contributed by atoms with Crippen molar-refractivity contribution in [3.05, 3.63) is 104 Å². The standard InChI is InChI=1S/C50H62ClN9O6S2/c1-28-31(4)68-49-42(28)43(34-17-19-36(51)20-18-34)55-38(46-58-57-32(5)60(46)49)25-41(63)52-21-11-23-66-22-10-9-12-40(62)56-45(50(6,7)8)48(65)59-26-37(61)24-39(59)47(64)54-29(2)33-13-15-35(16-14-33)44-30(3)53-27-67-44/h13-20,27,29,37-39,45,61H,9-12,21-26H2,1-8H3,(H,52,63)(H,54,64)(H,56,62)/t29-,37+,38-,39-,45+/m0/s1. The van der Waals surface area contributed by atoms with Crippen molar-refractivity contribution < 1.29 is 29.0 Å². The molecule has 0 bridgehead atoms. The molecule has 2 aromatic carbocycles. The van der Waals surface area contributed by atoms with Crippen LogP contribution in [0.1, 0.15) is 123 Å². The lowest BCUT2D eigenvalue weighted by Gasteiger charge is -2.35. The first-order chi connectivity index (χ1) is 32.4. The monoisotopic (exact) mass is 983 g/mol. The number of thiazole rings is 1. The number of unbranched alkanes of at least 4 members (excludes halogenated alkanes) is 1. The van der Waals surface area contributed by atoms with Crippen LogP contribution in [-0.4, -0.2) is 104 Å². The number of carbonyl (C=O) groups excluding carboxylic acids is 4. The topological polar surface area (TPSA) is 193 Å². The molecule has 0 spiro atoms. The second-order valence-corrected chi connectivity index (χ2v) is 21.3. The first-order valence-corrected chi connectivity index (χ1v) is 25.3. The molecule has 3 aromatic heterocycles. The lowest BCUT2D eigenvalue weighted by molar-refractivity contribution is -0.144. The zero-order valence-corrected chi connectivity index (χ0v) is 42.4. The first kappa shape index (κ1) is 50.5. The number of hydrogen-bond acceptors (Lipinski definition) is 12. The maximum absolute atomic E-state index is 14.1. The fourth-order valence-corrected chi connectivity index (χ4v) is 10.8. The number of fused-ring (bicyclic) bond motifs is 3. The van der Waals surface area contributed by atoms with Gasteiger partial charge in [0.2, 0.25) is 23.6 Å². The Labute approximate surface area is 411 Å². The molecule has 7 rings (SSSR count). The van der Waals surface area contributed by atoms with Gasteiger partial charge in [-0.1, -0.05) is 68.8 Å². The summed E-state index contributed by atoms with van der Waals surface area (Å²) in [4.78, 5) is 67.6. The van der Waals surface area contributed by atoms with Crippen LogP contribution in [0.25, 0.3) is 15.4 Å². The highest BCUT2D eigenvalue weighted by Crippen LogP contribution is 2.40. The molecule has 0 unspecified atom stereocenters. The molecule has 0 radical (unpaired) electrons. The second-order valence-electron chi connectivity index (χ2n) is 18.8. The van der Waals surface area contributed by atoms with Gasteiger partial charge in [-0.25, -0.2) is 4.98 Å². The number of carbonyl (C=O) groups is 4. The van der Waals surface area contributed by atoms with Gasteiger partial charge in [-0.3, -0.25) is 28.7 Å². The number of halogens is 1. The van der Waals surface area contributed by atoms with Crippen molar-refractivity contribution in [2.75, 3.05) is 26.3 Å². The molecule has 362 valence electrons. The maximum atomic E-state index is 14.1. The van der Waals surface area contributed by atoms with Gasteiger partial charge in [0.05, 0.1) is 40.4 Å². The van der Waals surface area contributed by atoms with Crippen LogP contribution in [0.15, 0.2) is 59.0 Å². The Balaban J connectivity index is 0.840. The fraction of sp³-hybridized carbons (Fsp3) is 0.480. The van der Waals surface area contributed by atoms with Gasteiger partial charge in [0.1, 0.15) is 29.0 Å². The van der Waals surface area contributed by atoms with E-state index in [1.165, 1.54) is 9.78 Å². The number of likely N-dealkylation sites (tertiary alicyclic amines) is 1. The maximum Gasteiger partial charge on any atom is 0.246 e. The number of amides is 4. The number of aliphatic hydroxyl groups excluding tert-OH is 1. The minimum Gasteiger partial charge on any atom is -0.391 e. The number of thiophene rings is 1. The number of rotatable bonds is 18. The lowest BCUT2D eigenvalue weighted by Crippen LogP contribution is -2.57. The fourth-order valence-electron chi connectivity index (χ4n) is 8.62. The highest BCUT2D eigenvalue weighted by Gasteiger charge is 2.45. The molecule has 68 heavy (non-hydrogen) atoms. The predicted molar refractivity (Wildman–Crippen MR) is 267 cm³/mol. The van der Waals surface area contributed by atoms with Crippen molar-refractivity contribution in [1.82, 2.24) is 40.6 Å². The van der Waals surface area contributed by atoms with Crippen molar-refractivity contribution in [2.45, 2.75) is 124 Å². The number of aliphatic hydroxyl groups is 1. The van der Waals surface area contributed by atoms with E-state index in [-0.39, 0.29) is 49.6 Å². The molecule has 2 aliphatic rings. The lowest BCUT2D eigenvalue weighted by atomic mass is 9.85. The van der Waals surface area contributed by atoms with Crippen LogP contribution in [0, 0.1) is 33.1 Å². The van der Waals surface area contributed by atoms with E-state index in [2.05, 4.69) is 45.0 Å².